The van der Waals surface area contributed by atoms with Crippen LogP contribution in [0.1, 0.15) is 59.3 Å². The van der Waals surface area contributed by atoms with E-state index < -0.39 is 60.9 Å². The number of carbonyl (C=O) groups excluding carboxylic acids is 4. The summed E-state index contributed by atoms with van der Waals surface area (Å²) in [6.07, 6.45) is -3.38. The molecule has 1 aromatic carbocycles. The zero-order chi connectivity index (χ0) is 29.2. The Kier molecular flexibility index (Phi) is 11.9. The average Bonchev–Trinajstić information content (AvgIpc) is 2.90. The summed E-state index contributed by atoms with van der Waals surface area (Å²) in [5, 5.41) is 2.77. The second kappa shape index (κ2) is 15.1. The van der Waals surface area contributed by atoms with E-state index in [1.54, 1.807) is 4.90 Å². The molecule has 2 amide bonds. The predicted molar refractivity (Wildman–Crippen MR) is 140 cm³/mol. The first kappa shape index (κ1) is 31.5. The van der Waals surface area contributed by atoms with E-state index in [0.717, 1.165) is 18.4 Å². The Balaban J connectivity index is 1.81. The van der Waals surface area contributed by atoms with Crippen molar-refractivity contribution in [1.82, 2.24) is 10.2 Å². The van der Waals surface area contributed by atoms with E-state index in [2.05, 4.69) is 5.32 Å². The molecule has 2 heterocycles. The quantitative estimate of drug-likeness (QED) is 0.374. The topological polar surface area (TPSA) is 139 Å². The van der Waals surface area contributed by atoms with E-state index >= 15 is 0 Å². The summed E-state index contributed by atoms with van der Waals surface area (Å²) in [5.41, 5.74) is 0.777. The van der Waals surface area contributed by atoms with Crippen LogP contribution in [0.25, 0.3) is 0 Å². The normalized spacial score (nSPS) is 26.6. The van der Waals surface area contributed by atoms with Crippen molar-refractivity contribution in [3.63, 3.8) is 0 Å². The van der Waals surface area contributed by atoms with Gasteiger partial charge in [0.1, 0.15) is 24.4 Å². The minimum Gasteiger partial charge on any atom is -0.458 e. The number of benzene rings is 1. The highest BCUT2D eigenvalue weighted by molar-refractivity contribution is 5.74. The molecule has 0 unspecified atom stereocenters. The van der Waals surface area contributed by atoms with Crippen LogP contribution in [-0.2, 0) is 47.6 Å². The molecule has 0 aromatic heterocycles. The number of fused-ring (bicyclic) bond motifs is 1. The third-order valence-corrected chi connectivity index (χ3v) is 6.51. The Morgan fingerprint density at radius 1 is 1.05 bits per heavy atom. The molecule has 222 valence electrons. The smallest absolute Gasteiger partial charge is 0.303 e. The van der Waals surface area contributed by atoms with Crippen LogP contribution in [0, 0.1) is 0 Å². The summed E-state index contributed by atoms with van der Waals surface area (Å²) >= 11 is 0. The highest BCUT2D eigenvalue weighted by Crippen LogP contribution is 2.35. The van der Waals surface area contributed by atoms with Crippen molar-refractivity contribution in [3.05, 3.63) is 35.9 Å². The van der Waals surface area contributed by atoms with Gasteiger partial charge in [0.05, 0.1) is 19.8 Å². The minimum atomic E-state index is -1.10. The van der Waals surface area contributed by atoms with E-state index in [1.165, 1.54) is 27.7 Å². The van der Waals surface area contributed by atoms with Crippen LogP contribution in [0.3, 0.4) is 0 Å². The van der Waals surface area contributed by atoms with Gasteiger partial charge in [0.25, 0.3) is 0 Å². The number of amides is 2. The lowest BCUT2D eigenvalue weighted by molar-refractivity contribution is -0.346. The number of ether oxygens (including phenoxy) is 6. The lowest BCUT2D eigenvalue weighted by atomic mass is 9.95. The monoisotopic (exact) mass is 564 g/mol. The largest absolute Gasteiger partial charge is 0.458 e. The number of hydrogen-bond acceptors (Lipinski definition) is 10. The molecule has 2 saturated heterocycles. The van der Waals surface area contributed by atoms with Crippen LogP contribution >= 0.6 is 0 Å². The molecule has 7 atom stereocenters. The zero-order valence-electron chi connectivity index (χ0n) is 23.7. The third-order valence-electron chi connectivity index (χ3n) is 6.51. The highest BCUT2D eigenvalue weighted by Gasteiger charge is 2.52. The summed E-state index contributed by atoms with van der Waals surface area (Å²) in [4.78, 5) is 49.9. The maximum Gasteiger partial charge on any atom is 0.303 e. The Morgan fingerprint density at radius 2 is 1.77 bits per heavy atom. The highest BCUT2D eigenvalue weighted by atomic mass is 16.8. The number of hydrogen-bond donors (Lipinski definition) is 1. The van der Waals surface area contributed by atoms with Gasteiger partial charge in [-0.2, -0.15) is 0 Å². The van der Waals surface area contributed by atoms with Gasteiger partial charge in [0.2, 0.25) is 11.8 Å². The van der Waals surface area contributed by atoms with Crippen molar-refractivity contribution in [2.75, 3.05) is 26.3 Å². The molecule has 0 radical (unpaired) electrons. The maximum atomic E-state index is 12.2. The predicted octanol–water partition coefficient (Wildman–Crippen LogP) is 1.86. The molecular formula is C28H40N2O10. The van der Waals surface area contributed by atoms with Crippen LogP contribution in [0.4, 0.5) is 0 Å². The molecule has 12 heteroatoms. The van der Waals surface area contributed by atoms with Crippen LogP contribution in [0.15, 0.2) is 30.3 Å². The fourth-order valence-electron chi connectivity index (χ4n) is 4.75. The first-order chi connectivity index (χ1) is 19.1. The second-order valence-electron chi connectivity index (χ2n) is 9.90. The lowest BCUT2D eigenvalue weighted by Crippen LogP contribution is -2.67. The van der Waals surface area contributed by atoms with Crippen LogP contribution in [-0.4, -0.2) is 91.7 Å². The van der Waals surface area contributed by atoms with Crippen LogP contribution in [0.5, 0.6) is 0 Å². The Morgan fingerprint density at radius 3 is 2.38 bits per heavy atom. The van der Waals surface area contributed by atoms with Crippen molar-refractivity contribution in [2.24, 2.45) is 0 Å². The molecule has 1 N–H and O–H groups in total. The van der Waals surface area contributed by atoms with E-state index in [-0.39, 0.29) is 25.7 Å². The summed E-state index contributed by atoms with van der Waals surface area (Å²) in [7, 11) is 0. The molecule has 1 aromatic rings. The van der Waals surface area contributed by atoms with Crippen LogP contribution in [0.2, 0.25) is 0 Å². The van der Waals surface area contributed by atoms with Gasteiger partial charge in [-0.05, 0) is 6.42 Å². The van der Waals surface area contributed by atoms with E-state index in [4.69, 9.17) is 28.4 Å². The van der Waals surface area contributed by atoms with Gasteiger partial charge in [-0.15, -0.1) is 0 Å². The fourth-order valence-corrected chi connectivity index (χ4v) is 4.75. The van der Waals surface area contributed by atoms with Crippen molar-refractivity contribution in [1.29, 1.82) is 0 Å². The first-order valence-corrected chi connectivity index (χ1v) is 13.5. The molecule has 40 heavy (non-hydrogen) atoms. The van der Waals surface area contributed by atoms with Gasteiger partial charge in [0.15, 0.2) is 18.7 Å². The molecule has 12 nitrogen and oxygen atoms in total. The molecule has 0 bridgehead atoms. The van der Waals surface area contributed by atoms with Gasteiger partial charge in [-0.3, -0.25) is 19.2 Å². The van der Waals surface area contributed by atoms with E-state index in [1.807, 2.05) is 37.3 Å². The first-order valence-electron chi connectivity index (χ1n) is 13.5. The number of rotatable bonds is 12. The Hall–Kier alpha value is -3.06. The SMILES string of the molecule is CCCCN(C[C@H](CO[C@@H]1O[C@@H]2CO[C@@H](c3ccccc3)O[C@H]2[C@H](OC(C)=O)[C@H]1NC(C)=O)OC(C)=O)C(C)=O. The lowest BCUT2D eigenvalue weighted by Gasteiger charge is -2.48. The summed E-state index contributed by atoms with van der Waals surface area (Å²) < 4.78 is 35.4. The molecule has 2 fully saturated rings. The van der Waals surface area contributed by atoms with Crippen molar-refractivity contribution >= 4 is 23.8 Å². The van der Waals surface area contributed by atoms with Crippen LogP contribution < -0.4 is 5.32 Å². The molecular weight excluding hydrogens is 524 g/mol. The minimum absolute atomic E-state index is 0.108. The number of nitrogens with one attached hydrogen (secondary N) is 1. The van der Waals surface area contributed by atoms with Gasteiger partial charge in [0, 0.05) is 39.8 Å². The van der Waals surface area contributed by atoms with Crippen molar-refractivity contribution < 1.29 is 47.6 Å². The molecule has 2 aliphatic heterocycles. The fraction of sp³-hybridized carbons (Fsp3) is 0.643. The Labute approximate surface area is 234 Å². The van der Waals surface area contributed by atoms with Gasteiger partial charge < -0.3 is 38.6 Å². The van der Waals surface area contributed by atoms with E-state index in [9.17, 15) is 19.2 Å². The number of esters is 2. The third kappa shape index (κ3) is 8.98. The molecule has 0 aliphatic carbocycles. The van der Waals surface area contributed by atoms with Gasteiger partial charge in [-0.1, -0.05) is 43.7 Å². The van der Waals surface area contributed by atoms with Crippen molar-refractivity contribution in [2.45, 2.75) is 90.5 Å². The standard InChI is InChI=1S/C28H40N2O10/c1-6-7-13-30(18(3)32)14-22(37-19(4)33)15-35-28-24(29-17(2)31)26(38-20(5)34)25-23(39-28)16-36-27(40-25)21-11-9-8-10-12-21/h8-12,22-28H,6-7,13-16H2,1-5H3,(H,29,31)/t22-,23-,24-,25-,26-,27-,28-/m1/s1. The molecule has 0 spiro atoms. The second-order valence-corrected chi connectivity index (χ2v) is 9.90. The molecule has 2 aliphatic rings. The van der Waals surface area contributed by atoms with Gasteiger partial charge >= 0.3 is 11.9 Å². The summed E-state index contributed by atoms with van der Waals surface area (Å²) in [6, 6.07) is 8.35. The number of carbonyl (C=O) groups is 4. The summed E-state index contributed by atoms with van der Waals surface area (Å²) in [6.45, 7) is 7.93. The average molecular weight is 565 g/mol. The van der Waals surface area contributed by atoms with Gasteiger partial charge in [-0.25, -0.2) is 0 Å². The zero-order valence-corrected chi connectivity index (χ0v) is 23.7. The summed E-state index contributed by atoms with van der Waals surface area (Å²) in [5.74, 6) is -1.66. The molecule has 3 rings (SSSR count). The van der Waals surface area contributed by atoms with E-state index in [0.29, 0.717) is 6.54 Å². The van der Waals surface area contributed by atoms with Crippen molar-refractivity contribution in [3.8, 4) is 0 Å². The number of nitrogens with zero attached hydrogens (tertiary/aromatic N) is 1. The number of unbranched alkanes of at least 4 members (excludes halogenated alkanes) is 1. The Bertz CT molecular complexity index is 1010. The maximum absolute atomic E-state index is 12.2. The molecule has 0 saturated carbocycles.